The van der Waals surface area contributed by atoms with E-state index in [-0.39, 0.29) is 0 Å². The van der Waals surface area contributed by atoms with Gasteiger partial charge in [0.15, 0.2) is 22.7 Å². The Kier molecular flexibility index (Phi) is 15.1. The van der Waals surface area contributed by atoms with E-state index < -0.39 is 0 Å². The van der Waals surface area contributed by atoms with Crippen molar-refractivity contribution in [1.29, 1.82) is 0 Å². The van der Waals surface area contributed by atoms with E-state index in [0.717, 1.165) is 18.8 Å². The van der Waals surface area contributed by atoms with Gasteiger partial charge >= 0.3 is 0 Å². The van der Waals surface area contributed by atoms with Crippen LogP contribution >= 0.6 is 56.5 Å². The third-order valence-corrected chi connectivity index (χ3v) is 15.9. The number of thiophene rings is 1. The van der Waals surface area contributed by atoms with E-state index in [9.17, 15) is 0 Å². The SMILES string of the molecule is CC(C)c1cccc(C(C)C)c1-n1n[n+](-c2c(C(C)C)cccc2C(C)C)c(-c2ccc(-c3c(I)n(-c4c(C(C)C)cccc4C(C)C)n[n+]3-c3c(C(C)C)cccc3C(C)C)s2)c1I. The topological polar surface area (TPSA) is 43.4 Å². The molecular formula is C56H70I2N6S+2. The number of hydrogen-bond acceptors (Lipinski definition) is 3. The molecular weight excluding hydrogens is 1040 g/mol. The van der Waals surface area contributed by atoms with Crippen LogP contribution in [0.1, 0.15) is 203 Å². The average molecular weight is 1110 g/mol. The molecule has 0 radical (unpaired) electrons. The van der Waals surface area contributed by atoms with Gasteiger partial charge in [-0.15, -0.1) is 11.3 Å². The first-order valence-corrected chi connectivity index (χ1v) is 26.8. The zero-order valence-corrected chi connectivity index (χ0v) is 46.7. The largest absolute Gasteiger partial charge is 0.242 e. The van der Waals surface area contributed by atoms with Gasteiger partial charge in [-0.3, -0.25) is 0 Å². The number of halogens is 2. The second-order valence-electron chi connectivity index (χ2n) is 20.2. The Morgan fingerprint density at radius 1 is 0.369 bits per heavy atom. The minimum atomic E-state index is 0.298. The molecule has 342 valence electrons. The molecule has 0 saturated heterocycles. The molecule has 7 aromatic rings. The van der Waals surface area contributed by atoms with E-state index in [2.05, 4.69) is 260 Å². The van der Waals surface area contributed by atoms with Gasteiger partial charge in [0, 0.05) is 89.7 Å². The molecule has 0 unspecified atom stereocenters. The van der Waals surface area contributed by atoms with Gasteiger partial charge in [-0.2, -0.15) is 0 Å². The summed E-state index contributed by atoms with van der Waals surface area (Å²) in [5.74, 6) is 2.47. The predicted octanol–water partition coefficient (Wildman–Crippen LogP) is 16.2. The van der Waals surface area contributed by atoms with Crippen molar-refractivity contribution < 1.29 is 9.36 Å². The van der Waals surface area contributed by atoms with Crippen LogP contribution in [0.2, 0.25) is 0 Å². The Morgan fingerprint density at radius 3 is 0.831 bits per heavy atom. The fourth-order valence-electron chi connectivity index (χ4n) is 9.35. The first-order chi connectivity index (χ1) is 30.8. The highest BCUT2D eigenvalue weighted by Gasteiger charge is 2.38. The van der Waals surface area contributed by atoms with E-state index in [1.165, 1.54) is 77.0 Å². The monoisotopic (exact) mass is 1110 g/mol. The van der Waals surface area contributed by atoms with Crippen LogP contribution in [-0.4, -0.2) is 19.8 Å². The molecule has 0 saturated carbocycles. The molecule has 0 amide bonds. The molecule has 0 N–H and O–H groups in total. The maximum atomic E-state index is 5.73. The van der Waals surface area contributed by atoms with Gasteiger partial charge in [0.05, 0.1) is 9.75 Å². The number of rotatable bonds is 14. The standard InChI is InChI=1S/C56H70I2N6S/c1-31(2)39-21-17-22-40(32(3)4)49(39)61-53(55(57)63(59-61)51-43(35(9)10)25-19-26-44(51)36(11)12)47-29-30-48(65-47)54-56(58)64(52-45(37(13)14)27-20-28-46(52)38(15)16)60-62(54)50-41(33(5)6)23-18-24-42(50)34(7)8/h17-38H,1-16H3/q+2. The molecule has 0 aliphatic carbocycles. The minimum Gasteiger partial charge on any atom is -0.127 e. The smallest absolute Gasteiger partial charge is 0.127 e. The fraction of sp³-hybridized carbons (Fsp3) is 0.429. The van der Waals surface area contributed by atoms with E-state index in [1.54, 1.807) is 0 Å². The first kappa shape index (κ1) is 49.2. The van der Waals surface area contributed by atoms with Crippen molar-refractivity contribution in [1.82, 2.24) is 19.8 Å². The Bertz CT molecular complexity index is 2540. The van der Waals surface area contributed by atoms with Crippen molar-refractivity contribution in [2.45, 2.75) is 158 Å². The molecule has 0 fully saturated rings. The summed E-state index contributed by atoms with van der Waals surface area (Å²) in [4.78, 5) is 2.33. The highest BCUT2D eigenvalue weighted by Crippen LogP contribution is 2.42. The zero-order chi connectivity index (χ0) is 47.3. The summed E-state index contributed by atoms with van der Waals surface area (Å²) in [6, 6.07) is 31.9. The lowest BCUT2D eigenvalue weighted by Gasteiger charge is -2.16. The fourth-order valence-corrected chi connectivity index (χ4v) is 12.5. The van der Waals surface area contributed by atoms with Crippen molar-refractivity contribution in [2.75, 3.05) is 0 Å². The van der Waals surface area contributed by atoms with Crippen molar-refractivity contribution in [3.63, 3.8) is 0 Å². The Morgan fingerprint density at radius 2 is 0.600 bits per heavy atom. The minimum absolute atomic E-state index is 0.298. The van der Waals surface area contributed by atoms with Crippen LogP contribution in [0.25, 0.3) is 43.9 Å². The quantitative estimate of drug-likeness (QED) is 0.0805. The van der Waals surface area contributed by atoms with E-state index in [4.69, 9.17) is 10.4 Å². The van der Waals surface area contributed by atoms with Gasteiger partial charge < -0.3 is 0 Å². The summed E-state index contributed by atoms with van der Waals surface area (Å²) in [5.41, 5.74) is 17.4. The summed E-state index contributed by atoms with van der Waals surface area (Å²) in [6.45, 7) is 36.8. The Labute approximate surface area is 421 Å². The number of nitrogens with zero attached hydrogens (tertiary/aromatic N) is 6. The van der Waals surface area contributed by atoms with Crippen LogP contribution in [0.5, 0.6) is 0 Å². The van der Waals surface area contributed by atoms with Crippen molar-refractivity contribution in [2.24, 2.45) is 0 Å². The van der Waals surface area contributed by atoms with Gasteiger partial charge in [-0.05, 0) is 59.5 Å². The number of hydrogen-bond donors (Lipinski definition) is 0. The van der Waals surface area contributed by atoms with E-state index in [1.807, 2.05) is 11.3 Å². The second kappa shape index (κ2) is 19.9. The van der Waals surface area contributed by atoms with Crippen LogP contribution < -0.4 is 9.36 Å². The molecule has 3 heterocycles. The molecule has 0 bridgehead atoms. The van der Waals surface area contributed by atoms with E-state index in [0.29, 0.717) is 47.3 Å². The average Bonchev–Trinajstić information content (AvgIpc) is 3.96. The third-order valence-electron chi connectivity index (χ3n) is 12.8. The number of aromatic nitrogens is 6. The number of para-hydroxylation sites is 4. The van der Waals surface area contributed by atoms with Crippen LogP contribution in [0, 0.1) is 7.40 Å². The maximum Gasteiger partial charge on any atom is 0.242 e. The predicted molar refractivity (Wildman–Crippen MR) is 291 cm³/mol. The maximum absolute atomic E-state index is 5.73. The first-order valence-electron chi connectivity index (χ1n) is 23.8. The summed E-state index contributed by atoms with van der Waals surface area (Å²) in [5, 5.41) is 11.5. The van der Waals surface area contributed by atoms with Crippen molar-refractivity contribution in [3.05, 3.63) is 137 Å². The van der Waals surface area contributed by atoms with Crippen molar-refractivity contribution >= 4 is 56.5 Å². The summed E-state index contributed by atoms with van der Waals surface area (Å²) in [7, 11) is 0. The normalized spacial score (nSPS) is 12.3. The second-order valence-corrected chi connectivity index (χ2v) is 23.4. The van der Waals surface area contributed by atoms with Gasteiger partial charge in [0.1, 0.15) is 10.4 Å². The molecule has 7 rings (SSSR count). The molecule has 65 heavy (non-hydrogen) atoms. The molecule has 0 aliphatic rings. The molecule has 0 aliphatic heterocycles. The highest BCUT2D eigenvalue weighted by molar-refractivity contribution is 14.1. The third kappa shape index (κ3) is 9.20. The highest BCUT2D eigenvalue weighted by atomic mass is 127. The zero-order valence-electron chi connectivity index (χ0n) is 41.5. The lowest BCUT2D eigenvalue weighted by molar-refractivity contribution is -0.651. The van der Waals surface area contributed by atoms with Crippen LogP contribution in [0.4, 0.5) is 0 Å². The molecule has 4 aromatic carbocycles. The van der Waals surface area contributed by atoms with Crippen LogP contribution in [0.3, 0.4) is 0 Å². The molecule has 6 nitrogen and oxygen atoms in total. The van der Waals surface area contributed by atoms with Crippen LogP contribution in [0.15, 0.2) is 84.9 Å². The summed E-state index contributed by atoms with van der Waals surface area (Å²) < 4.78 is 11.3. The summed E-state index contributed by atoms with van der Waals surface area (Å²) >= 11 is 7.04. The van der Waals surface area contributed by atoms with Crippen LogP contribution in [-0.2, 0) is 0 Å². The Balaban J connectivity index is 1.61. The van der Waals surface area contributed by atoms with E-state index >= 15 is 0 Å². The van der Waals surface area contributed by atoms with Gasteiger partial charge in [-0.25, -0.2) is 0 Å². The lowest BCUT2D eigenvalue weighted by Crippen LogP contribution is -2.39. The Hall–Kier alpha value is -3.68. The van der Waals surface area contributed by atoms with Gasteiger partial charge in [-0.1, -0.05) is 202 Å². The van der Waals surface area contributed by atoms with Gasteiger partial charge in [0.25, 0.3) is 0 Å². The summed E-state index contributed by atoms with van der Waals surface area (Å²) in [6.07, 6.45) is 0. The molecule has 0 spiro atoms. The lowest BCUT2D eigenvalue weighted by atomic mass is 9.92. The van der Waals surface area contributed by atoms with Gasteiger partial charge in [0.2, 0.25) is 18.8 Å². The molecule has 9 heteroatoms. The molecule has 0 atom stereocenters. The van der Waals surface area contributed by atoms with Crippen molar-refractivity contribution in [3.8, 4) is 43.9 Å². The number of benzene rings is 4. The molecule has 3 aromatic heterocycles.